The molecule has 1 N–H and O–H groups in total. The molecule has 2 nitrogen and oxygen atoms in total. The summed E-state index contributed by atoms with van der Waals surface area (Å²) in [5.41, 5.74) is 1.84. The van der Waals surface area contributed by atoms with Gasteiger partial charge in [-0.05, 0) is 55.4 Å². The predicted molar refractivity (Wildman–Crippen MR) is 90.5 cm³/mol. The minimum atomic E-state index is 0.0412. The van der Waals surface area contributed by atoms with Gasteiger partial charge in [0.05, 0.1) is 0 Å². The molecule has 1 fully saturated rings. The van der Waals surface area contributed by atoms with E-state index in [1.165, 1.54) is 25.7 Å². The van der Waals surface area contributed by atoms with Crippen LogP contribution in [0, 0.1) is 18.8 Å². The first-order valence-electron chi connectivity index (χ1n) is 7.22. The van der Waals surface area contributed by atoms with E-state index in [4.69, 9.17) is 0 Å². The molecule has 20 heavy (non-hydrogen) atoms. The Morgan fingerprint density at radius 1 is 1.30 bits per heavy atom. The molecule has 2 rings (SSSR count). The van der Waals surface area contributed by atoms with Gasteiger partial charge >= 0.3 is 0 Å². The van der Waals surface area contributed by atoms with E-state index in [2.05, 4.69) is 37.2 Å². The van der Waals surface area contributed by atoms with Crippen LogP contribution in [-0.4, -0.2) is 17.8 Å². The van der Waals surface area contributed by atoms with Crippen molar-refractivity contribution >= 4 is 37.8 Å². The topological polar surface area (TPSA) is 29.1 Å². The van der Waals surface area contributed by atoms with Gasteiger partial charge in [0.15, 0.2) is 0 Å². The summed E-state index contributed by atoms with van der Waals surface area (Å²) in [5.74, 6) is 1.36. The number of hydrogen-bond donors (Lipinski definition) is 1. The SMILES string of the molecule is Cc1cc(C(=O)NCC2CCCCC2CBr)ccc1Br. The van der Waals surface area contributed by atoms with Crippen molar-refractivity contribution in [2.45, 2.75) is 32.6 Å². The Morgan fingerprint density at radius 2 is 2.00 bits per heavy atom. The van der Waals surface area contributed by atoms with Crippen molar-refractivity contribution in [3.8, 4) is 0 Å². The van der Waals surface area contributed by atoms with E-state index in [0.717, 1.165) is 27.5 Å². The summed E-state index contributed by atoms with van der Waals surface area (Å²) in [5, 5.41) is 4.15. The Balaban J connectivity index is 1.92. The molecule has 1 aromatic carbocycles. The van der Waals surface area contributed by atoms with E-state index >= 15 is 0 Å². The van der Waals surface area contributed by atoms with Crippen molar-refractivity contribution in [1.82, 2.24) is 5.32 Å². The Morgan fingerprint density at radius 3 is 2.65 bits per heavy atom. The minimum Gasteiger partial charge on any atom is -0.352 e. The largest absolute Gasteiger partial charge is 0.352 e. The van der Waals surface area contributed by atoms with Crippen molar-refractivity contribution in [3.05, 3.63) is 33.8 Å². The second-order valence-electron chi connectivity index (χ2n) is 5.63. The number of nitrogens with one attached hydrogen (secondary N) is 1. The molecule has 4 heteroatoms. The van der Waals surface area contributed by atoms with Crippen molar-refractivity contribution in [3.63, 3.8) is 0 Å². The molecule has 110 valence electrons. The number of alkyl halides is 1. The van der Waals surface area contributed by atoms with Crippen molar-refractivity contribution in [2.24, 2.45) is 11.8 Å². The monoisotopic (exact) mass is 401 g/mol. The van der Waals surface area contributed by atoms with Gasteiger partial charge in [-0.2, -0.15) is 0 Å². The molecule has 1 saturated carbocycles. The molecular weight excluding hydrogens is 382 g/mol. The van der Waals surface area contributed by atoms with E-state index in [1.807, 2.05) is 25.1 Å². The number of hydrogen-bond acceptors (Lipinski definition) is 1. The van der Waals surface area contributed by atoms with Gasteiger partial charge in [0.25, 0.3) is 5.91 Å². The Kier molecular flexibility index (Phi) is 6.09. The van der Waals surface area contributed by atoms with Crippen molar-refractivity contribution in [2.75, 3.05) is 11.9 Å². The molecule has 1 aliphatic carbocycles. The van der Waals surface area contributed by atoms with Crippen LogP contribution in [-0.2, 0) is 0 Å². The molecule has 0 aromatic heterocycles. The third-order valence-corrected chi connectivity index (χ3v) is 5.93. The van der Waals surface area contributed by atoms with Gasteiger partial charge in [-0.25, -0.2) is 0 Å². The number of aryl methyl sites for hydroxylation is 1. The molecule has 1 aromatic rings. The van der Waals surface area contributed by atoms with Crippen LogP contribution < -0.4 is 5.32 Å². The second-order valence-corrected chi connectivity index (χ2v) is 7.13. The quantitative estimate of drug-likeness (QED) is 0.727. The standard InChI is InChI=1S/C16H21Br2NO/c1-11-8-12(6-7-15(11)18)16(20)19-10-14-5-3-2-4-13(14)9-17/h6-8,13-14H,2-5,9-10H2,1H3,(H,19,20). The fourth-order valence-corrected chi connectivity index (χ4v) is 3.97. The Bertz CT molecular complexity index is 476. The van der Waals surface area contributed by atoms with Crippen LogP contribution in [0.25, 0.3) is 0 Å². The van der Waals surface area contributed by atoms with Gasteiger partial charge in [-0.1, -0.05) is 44.7 Å². The zero-order valence-corrected chi connectivity index (χ0v) is 15.0. The smallest absolute Gasteiger partial charge is 0.251 e. The molecular formula is C16H21Br2NO. The third-order valence-electron chi connectivity index (χ3n) is 4.21. The fourth-order valence-electron chi connectivity index (χ4n) is 2.87. The number of halogens is 2. The predicted octanol–water partition coefficient (Wildman–Crippen LogP) is 4.69. The van der Waals surface area contributed by atoms with Crippen molar-refractivity contribution in [1.29, 1.82) is 0 Å². The van der Waals surface area contributed by atoms with Gasteiger partial charge in [0.2, 0.25) is 0 Å². The maximum atomic E-state index is 12.2. The number of carbonyl (C=O) groups is 1. The molecule has 1 amide bonds. The Hall–Kier alpha value is -0.350. The molecule has 0 spiro atoms. The van der Waals surface area contributed by atoms with Crippen LogP contribution in [0.5, 0.6) is 0 Å². The summed E-state index contributed by atoms with van der Waals surface area (Å²) in [6.45, 7) is 2.80. The van der Waals surface area contributed by atoms with Crippen LogP contribution in [0.15, 0.2) is 22.7 Å². The average molecular weight is 403 g/mol. The molecule has 1 aliphatic rings. The molecule has 0 radical (unpaired) electrons. The first-order valence-corrected chi connectivity index (χ1v) is 9.13. The minimum absolute atomic E-state index is 0.0412. The summed E-state index contributed by atoms with van der Waals surface area (Å²) in [4.78, 5) is 12.2. The molecule has 0 saturated heterocycles. The zero-order valence-electron chi connectivity index (χ0n) is 11.8. The summed E-state index contributed by atoms with van der Waals surface area (Å²) < 4.78 is 1.04. The lowest BCUT2D eigenvalue weighted by atomic mass is 9.80. The molecule has 2 unspecified atom stereocenters. The molecule has 2 atom stereocenters. The first kappa shape index (κ1) is 16.0. The lowest BCUT2D eigenvalue weighted by Gasteiger charge is -2.30. The lowest BCUT2D eigenvalue weighted by molar-refractivity contribution is 0.0937. The zero-order chi connectivity index (χ0) is 14.5. The van der Waals surface area contributed by atoms with E-state index in [0.29, 0.717) is 11.8 Å². The summed E-state index contributed by atoms with van der Waals surface area (Å²) in [6.07, 6.45) is 5.13. The van der Waals surface area contributed by atoms with E-state index in [9.17, 15) is 4.79 Å². The van der Waals surface area contributed by atoms with Gasteiger partial charge in [-0.3, -0.25) is 4.79 Å². The highest BCUT2D eigenvalue weighted by Gasteiger charge is 2.24. The normalized spacial score (nSPS) is 22.6. The van der Waals surface area contributed by atoms with Crippen LogP contribution in [0.3, 0.4) is 0 Å². The summed E-state index contributed by atoms with van der Waals surface area (Å²) in [6, 6.07) is 5.74. The van der Waals surface area contributed by atoms with Crippen LogP contribution in [0.1, 0.15) is 41.6 Å². The maximum Gasteiger partial charge on any atom is 0.251 e. The van der Waals surface area contributed by atoms with E-state index in [1.54, 1.807) is 0 Å². The average Bonchev–Trinajstić information content (AvgIpc) is 2.47. The lowest BCUT2D eigenvalue weighted by Crippen LogP contribution is -2.34. The van der Waals surface area contributed by atoms with E-state index < -0.39 is 0 Å². The number of carbonyl (C=O) groups excluding carboxylic acids is 1. The van der Waals surface area contributed by atoms with Gasteiger partial charge in [0.1, 0.15) is 0 Å². The van der Waals surface area contributed by atoms with Gasteiger partial charge in [-0.15, -0.1) is 0 Å². The molecule has 0 heterocycles. The van der Waals surface area contributed by atoms with Crippen LogP contribution in [0.2, 0.25) is 0 Å². The third kappa shape index (κ3) is 4.08. The summed E-state index contributed by atoms with van der Waals surface area (Å²) >= 11 is 7.06. The van der Waals surface area contributed by atoms with Crippen LogP contribution >= 0.6 is 31.9 Å². The number of rotatable bonds is 4. The second kappa shape index (κ2) is 7.60. The molecule has 0 bridgehead atoms. The van der Waals surface area contributed by atoms with Gasteiger partial charge < -0.3 is 5.32 Å². The maximum absolute atomic E-state index is 12.2. The highest BCUT2D eigenvalue weighted by molar-refractivity contribution is 9.10. The highest BCUT2D eigenvalue weighted by Crippen LogP contribution is 2.30. The first-order chi connectivity index (χ1) is 9.61. The number of benzene rings is 1. The van der Waals surface area contributed by atoms with Crippen molar-refractivity contribution < 1.29 is 4.79 Å². The van der Waals surface area contributed by atoms with Crippen LogP contribution in [0.4, 0.5) is 0 Å². The van der Waals surface area contributed by atoms with Gasteiger partial charge in [0, 0.05) is 21.9 Å². The highest BCUT2D eigenvalue weighted by atomic mass is 79.9. The summed E-state index contributed by atoms with van der Waals surface area (Å²) in [7, 11) is 0. The fraction of sp³-hybridized carbons (Fsp3) is 0.562. The number of amides is 1. The molecule has 0 aliphatic heterocycles. The Labute approximate surface area is 138 Å². The van der Waals surface area contributed by atoms with E-state index in [-0.39, 0.29) is 5.91 Å².